The number of hydrogen-bond acceptors (Lipinski definition) is 1. The van der Waals surface area contributed by atoms with E-state index in [2.05, 4.69) is 20.4 Å². The highest BCUT2D eigenvalue weighted by atomic mass is 16.3. The zero-order valence-corrected chi connectivity index (χ0v) is 12.0. The predicted octanol–water partition coefficient (Wildman–Crippen LogP) is 5.09. The molecule has 0 fully saturated rings. The molecule has 0 aliphatic heterocycles. The van der Waals surface area contributed by atoms with Gasteiger partial charge in [-0.05, 0) is 12.8 Å². The van der Waals surface area contributed by atoms with Crippen molar-refractivity contribution in [3.63, 3.8) is 0 Å². The second-order valence-corrected chi connectivity index (χ2v) is 5.17. The fraction of sp³-hybridized carbons (Fsp3) is 0.875. The highest BCUT2D eigenvalue weighted by Crippen LogP contribution is 2.20. The van der Waals surface area contributed by atoms with Gasteiger partial charge in [-0.25, -0.2) is 0 Å². The van der Waals surface area contributed by atoms with Crippen molar-refractivity contribution in [1.82, 2.24) is 0 Å². The van der Waals surface area contributed by atoms with Crippen molar-refractivity contribution in [3.8, 4) is 0 Å². The molecule has 1 heteroatoms. The molecular formula is C16H32O. The Balaban J connectivity index is 3.62. The van der Waals surface area contributed by atoms with Gasteiger partial charge in [-0.3, -0.25) is 0 Å². The van der Waals surface area contributed by atoms with Crippen molar-refractivity contribution >= 4 is 0 Å². The molecule has 0 spiro atoms. The van der Waals surface area contributed by atoms with Gasteiger partial charge in [0.05, 0.1) is 6.10 Å². The van der Waals surface area contributed by atoms with Crippen LogP contribution in [-0.2, 0) is 0 Å². The van der Waals surface area contributed by atoms with E-state index in [4.69, 9.17) is 0 Å². The fourth-order valence-corrected chi connectivity index (χ4v) is 2.27. The van der Waals surface area contributed by atoms with E-state index in [0.29, 0.717) is 5.92 Å². The molecule has 0 radical (unpaired) electrons. The maximum absolute atomic E-state index is 10.1. The molecule has 0 rings (SSSR count). The van der Waals surface area contributed by atoms with E-state index >= 15 is 0 Å². The summed E-state index contributed by atoms with van der Waals surface area (Å²) >= 11 is 0. The Morgan fingerprint density at radius 1 is 0.882 bits per heavy atom. The summed E-state index contributed by atoms with van der Waals surface area (Å²) in [4.78, 5) is 0. The second-order valence-electron chi connectivity index (χ2n) is 5.17. The Hall–Kier alpha value is -0.300. The lowest BCUT2D eigenvalue weighted by Crippen LogP contribution is -2.18. The molecule has 0 saturated heterocycles. The SMILES string of the molecule is C=C[C@H](CCCCCCC)[C@@H](O)CCCCC. The van der Waals surface area contributed by atoms with Crippen LogP contribution in [0, 0.1) is 5.92 Å². The third-order valence-corrected chi connectivity index (χ3v) is 3.54. The van der Waals surface area contributed by atoms with Crippen LogP contribution in [-0.4, -0.2) is 11.2 Å². The standard InChI is InChI=1S/C16H32O/c1-4-7-9-10-12-13-15(6-3)16(17)14-11-8-5-2/h6,15-17H,3-5,7-14H2,1-2H3/t15-,16+/m1/s1. The first kappa shape index (κ1) is 16.7. The van der Waals surface area contributed by atoms with Crippen molar-refractivity contribution in [2.75, 3.05) is 0 Å². The first-order valence-electron chi connectivity index (χ1n) is 7.56. The Morgan fingerprint density at radius 2 is 1.41 bits per heavy atom. The number of aliphatic hydroxyl groups excluding tert-OH is 1. The van der Waals surface area contributed by atoms with E-state index in [1.807, 2.05) is 6.08 Å². The summed E-state index contributed by atoms with van der Waals surface area (Å²) in [5.41, 5.74) is 0. The van der Waals surface area contributed by atoms with Gasteiger partial charge < -0.3 is 5.11 Å². The second kappa shape index (κ2) is 12.2. The lowest BCUT2D eigenvalue weighted by atomic mass is 9.92. The number of unbranched alkanes of at least 4 members (excludes halogenated alkanes) is 6. The third-order valence-electron chi connectivity index (χ3n) is 3.54. The van der Waals surface area contributed by atoms with Gasteiger partial charge in [-0.1, -0.05) is 71.3 Å². The minimum absolute atomic E-state index is 0.162. The molecule has 102 valence electrons. The predicted molar refractivity (Wildman–Crippen MR) is 77.2 cm³/mol. The Morgan fingerprint density at radius 3 is 2.00 bits per heavy atom. The Kier molecular flexibility index (Phi) is 12.0. The van der Waals surface area contributed by atoms with Crippen molar-refractivity contribution in [2.45, 2.75) is 84.2 Å². The van der Waals surface area contributed by atoms with Crippen molar-refractivity contribution in [3.05, 3.63) is 12.7 Å². The molecule has 0 heterocycles. The summed E-state index contributed by atoms with van der Waals surface area (Å²) in [6.45, 7) is 8.31. The van der Waals surface area contributed by atoms with Gasteiger partial charge in [0.15, 0.2) is 0 Å². The van der Waals surface area contributed by atoms with Gasteiger partial charge in [0.25, 0.3) is 0 Å². The van der Waals surface area contributed by atoms with Gasteiger partial charge in [-0.15, -0.1) is 6.58 Å². The number of aliphatic hydroxyl groups is 1. The van der Waals surface area contributed by atoms with E-state index < -0.39 is 0 Å². The molecule has 0 saturated carbocycles. The average molecular weight is 240 g/mol. The van der Waals surface area contributed by atoms with Crippen molar-refractivity contribution in [1.29, 1.82) is 0 Å². The summed E-state index contributed by atoms with van der Waals surface area (Å²) in [7, 11) is 0. The third kappa shape index (κ3) is 9.41. The van der Waals surface area contributed by atoms with Crippen LogP contribution in [0.5, 0.6) is 0 Å². The molecule has 0 bridgehead atoms. The first-order valence-corrected chi connectivity index (χ1v) is 7.56. The summed E-state index contributed by atoms with van der Waals surface area (Å²) in [6.07, 6.45) is 14.0. The molecular weight excluding hydrogens is 208 g/mol. The van der Waals surface area contributed by atoms with Gasteiger partial charge >= 0.3 is 0 Å². The van der Waals surface area contributed by atoms with Crippen molar-refractivity contribution < 1.29 is 5.11 Å². The molecule has 0 aliphatic carbocycles. The van der Waals surface area contributed by atoms with E-state index in [1.54, 1.807) is 0 Å². The summed E-state index contributed by atoms with van der Waals surface area (Å²) in [5.74, 6) is 0.313. The smallest absolute Gasteiger partial charge is 0.0602 e. The largest absolute Gasteiger partial charge is 0.393 e. The van der Waals surface area contributed by atoms with Gasteiger partial charge in [0, 0.05) is 5.92 Å². The van der Waals surface area contributed by atoms with Gasteiger partial charge in [-0.2, -0.15) is 0 Å². The summed E-state index contributed by atoms with van der Waals surface area (Å²) < 4.78 is 0. The lowest BCUT2D eigenvalue weighted by Gasteiger charge is -2.19. The highest BCUT2D eigenvalue weighted by Gasteiger charge is 2.14. The van der Waals surface area contributed by atoms with E-state index in [-0.39, 0.29) is 6.10 Å². The summed E-state index contributed by atoms with van der Waals surface area (Å²) in [6, 6.07) is 0. The van der Waals surface area contributed by atoms with Crippen molar-refractivity contribution in [2.24, 2.45) is 5.92 Å². The van der Waals surface area contributed by atoms with E-state index in [1.165, 1.54) is 44.9 Å². The van der Waals surface area contributed by atoms with Crippen LogP contribution >= 0.6 is 0 Å². The highest BCUT2D eigenvalue weighted by molar-refractivity contribution is 4.84. The molecule has 0 aromatic rings. The first-order chi connectivity index (χ1) is 8.26. The van der Waals surface area contributed by atoms with Gasteiger partial charge in [0.1, 0.15) is 0 Å². The summed E-state index contributed by atoms with van der Waals surface area (Å²) in [5, 5.41) is 10.1. The number of rotatable bonds is 12. The lowest BCUT2D eigenvalue weighted by molar-refractivity contribution is 0.112. The van der Waals surface area contributed by atoms with Gasteiger partial charge in [0.2, 0.25) is 0 Å². The Labute approximate surface area is 108 Å². The quantitative estimate of drug-likeness (QED) is 0.372. The molecule has 0 aliphatic rings. The molecule has 0 unspecified atom stereocenters. The molecule has 1 nitrogen and oxygen atoms in total. The van der Waals surface area contributed by atoms with Crippen LogP contribution < -0.4 is 0 Å². The molecule has 2 atom stereocenters. The van der Waals surface area contributed by atoms with E-state index in [0.717, 1.165) is 19.3 Å². The minimum Gasteiger partial charge on any atom is -0.393 e. The van der Waals surface area contributed by atoms with Crippen LogP contribution in [0.1, 0.15) is 78.1 Å². The van der Waals surface area contributed by atoms with Crippen LogP contribution in [0.2, 0.25) is 0 Å². The average Bonchev–Trinajstić information content (AvgIpc) is 2.34. The van der Waals surface area contributed by atoms with Crippen LogP contribution in [0.3, 0.4) is 0 Å². The maximum Gasteiger partial charge on any atom is 0.0602 e. The molecule has 1 N–H and O–H groups in total. The van der Waals surface area contributed by atoms with Crippen LogP contribution in [0.25, 0.3) is 0 Å². The molecule has 0 aromatic heterocycles. The molecule has 17 heavy (non-hydrogen) atoms. The monoisotopic (exact) mass is 240 g/mol. The van der Waals surface area contributed by atoms with E-state index in [9.17, 15) is 5.11 Å². The number of hydrogen-bond donors (Lipinski definition) is 1. The zero-order valence-electron chi connectivity index (χ0n) is 12.0. The maximum atomic E-state index is 10.1. The van der Waals surface area contributed by atoms with Crippen LogP contribution in [0.4, 0.5) is 0 Å². The fourth-order valence-electron chi connectivity index (χ4n) is 2.27. The molecule has 0 aromatic carbocycles. The topological polar surface area (TPSA) is 20.2 Å². The Bertz CT molecular complexity index is 165. The molecule has 0 amide bonds. The zero-order chi connectivity index (χ0) is 12.9. The normalized spacial score (nSPS) is 14.5. The van der Waals surface area contributed by atoms with Crippen LogP contribution in [0.15, 0.2) is 12.7 Å². The minimum atomic E-state index is -0.162.